The van der Waals surface area contributed by atoms with Crippen molar-refractivity contribution in [3.63, 3.8) is 0 Å². The maximum absolute atomic E-state index is 13.5. The molecule has 34 heavy (non-hydrogen) atoms. The van der Waals surface area contributed by atoms with E-state index in [1.165, 1.54) is 7.05 Å². The van der Waals surface area contributed by atoms with E-state index in [1.54, 1.807) is 0 Å². The van der Waals surface area contributed by atoms with Crippen LogP contribution in [0.2, 0.25) is 0 Å². The molecule has 2 aromatic rings. The van der Waals surface area contributed by atoms with Gasteiger partial charge in [0, 0.05) is 63.9 Å². The van der Waals surface area contributed by atoms with Crippen molar-refractivity contribution in [1.29, 1.82) is 0 Å². The summed E-state index contributed by atoms with van der Waals surface area (Å²) in [6, 6.07) is 6.06. The lowest BCUT2D eigenvalue weighted by Crippen LogP contribution is -2.44. The molecule has 1 aromatic carbocycles. The predicted octanol–water partition coefficient (Wildman–Crippen LogP) is 3.18. The van der Waals surface area contributed by atoms with Crippen molar-refractivity contribution >= 4 is 23.1 Å². The number of aromatic nitrogens is 2. The number of halogens is 3. The van der Waals surface area contributed by atoms with Crippen LogP contribution in [0.25, 0.3) is 0 Å². The van der Waals surface area contributed by atoms with Crippen LogP contribution in [-0.2, 0) is 12.6 Å². The zero-order valence-corrected chi connectivity index (χ0v) is 19.8. The SMILES string of the molecule is CCc1cc(N2CCN(C)CC2)ccc1Nc1ncc(C(F)(F)F)c(NCCCNN(C)O)n1. The number of hydrazine groups is 1. The number of anilines is 4. The highest BCUT2D eigenvalue weighted by atomic mass is 19.4. The van der Waals surface area contributed by atoms with Crippen LogP contribution in [0.3, 0.4) is 0 Å². The topological polar surface area (TPSA) is 91.8 Å². The molecule has 0 unspecified atom stereocenters. The van der Waals surface area contributed by atoms with Crippen molar-refractivity contribution in [3.05, 3.63) is 35.5 Å². The Hall–Kier alpha value is -2.67. The van der Waals surface area contributed by atoms with E-state index in [9.17, 15) is 13.2 Å². The molecule has 188 valence electrons. The Labute approximate surface area is 197 Å². The van der Waals surface area contributed by atoms with Crippen LogP contribution < -0.4 is 21.0 Å². The minimum Gasteiger partial charge on any atom is -0.369 e. The Balaban J connectivity index is 1.74. The van der Waals surface area contributed by atoms with E-state index < -0.39 is 11.7 Å². The first kappa shape index (κ1) is 25.9. The third-order valence-corrected chi connectivity index (χ3v) is 5.67. The standard InChI is InChI=1S/C22H33F3N8O/c1-4-16-14-17(33-12-10-31(2)11-13-33)6-7-19(16)29-21-27-15-18(22(23,24)25)20(30-21)26-8-5-9-28-32(3)34/h6-7,14-15,28,34H,4-5,8-13H2,1-3H3,(H2,26,27,29,30). The van der Waals surface area contributed by atoms with Crippen molar-refractivity contribution < 1.29 is 18.4 Å². The molecule has 0 spiro atoms. The molecule has 0 saturated carbocycles. The summed E-state index contributed by atoms with van der Waals surface area (Å²) in [7, 11) is 3.53. The second-order valence-corrected chi connectivity index (χ2v) is 8.28. The molecule has 1 aliphatic rings. The van der Waals surface area contributed by atoms with E-state index in [1.807, 2.05) is 19.1 Å². The van der Waals surface area contributed by atoms with Crippen molar-refractivity contribution in [1.82, 2.24) is 25.5 Å². The van der Waals surface area contributed by atoms with Crippen LogP contribution in [0.4, 0.5) is 36.3 Å². The fourth-order valence-corrected chi connectivity index (χ4v) is 3.70. The number of hydroxylamine groups is 1. The number of likely N-dealkylation sites (N-methyl/N-ethyl adjacent to an activating group) is 1. The first-order valence-electron chi connectivity index (χ1n) is 11.3. The molecule has 12 heteroatoms. The van der Waals surface area contributed by atoms with Crippen LogP contribution in [0.15, 0.2) is 24.4 Å². The van der Waals surface area contributed by atoms with Gasteiger partial charge in [-0.25, -0.2) is 10.4 Å². The predicted molar refractivity (Wildman–Crippen MR) is 127 cm³/mol. The molecule has 1 aromatic heterocycles. The summed E-state index contributed by atoms with van der Waals surface area (Å²) in [5.41, 5.74) is 4.65. The summed E-state index contributed by atoms with van der Waals surface area (Å²) in [5.74, 6) is -0.194. The number of aryl methyl sites for hydroxylation is 1. The highest BCUT2D eigenvalue weighted by molar-refractivity contribution is 5.65. The summed E-state index contributed by atoms with van der Waals surface area (Å²) in [6.07, 6.45) is -2.56. The highest BCUT2D eigenvalue weighted by Crippen LogP contribution is 2.34. The molecule has 1 saturated heterocycles. The lowest BCUT2D eigenvalue weighted by molar-refractivity contribution is -0.137. The Bertz CT molecular complexity index is 933. The van der Waals surface area contributed by atoms with Crippen LogP contribution in [-0.4, -0.2) is 78.6 Å². The third-order valence-electron chi connectivity index (χ3n) is 5.67. The molecule has 4 N–H and O–H groups in total. The fraction of sp³-hybridized carbons (Fsp3) is 0.545. The molecule has 9 nitrogen and oxygen atoms in total. The van der Waals surface area contributed by atoms with Gasteiger partial charge in [0.1, 0.15) is 11.4 Å². The van der Waals surface area contributed by atoms with Crippen LogP contribution >= 0.6 is 0 Å². The van der Waals surface area contributed by atoms with Crippen molar-refractivity contribution in [3.8, 4) is 0 Å². The maximum atomic E-state index is 13.5. The molecule has 1 aliphatic heterocycles. The second-order valence-electron chi connectivity index (χ2n) is 8.28. The summed E-state index contributed by atoms with van der Waals surface area (Å²) in [6.45, 7) is 6.57. The number of piperazine rings is 1. The number of alkyl halides is 3. The van der Waals surface area contributed by atoms with E-state index in [-0.39, 0.29) is 18.3 Å². The fourth-order valence-electron chi connectivity index (χ4n) is 3.70. The van der Waals surface area contributed by atoms with Crippen LogP contribution in [0.1, 0.15) is 24.5 Å². The molecule has 0 amide bonds. The largest absolute Gasteiger partial charge is 0.421 e. The minimum absolute atomic E-state index is 0.0887. The Morgan fingerprint density at radius 3 is 2.53 bits per heavy atom. The van der Waals surface area contributed by atoms with E-state index in [4.69, 9.17) is 5.21 Å². The quantitative estimate of drug-likeness (QED) is 0.301. The van der Waals surface area contributed by atoms with Gasteiger partial charge in [0.05, 0.1) is 0 Å². The molecule has 0 aliphatic carbocycles. The van der Waals surface area contributed by atoms with Gasteiger partial charge in [0.25, 0.3) is 0 Å². The summed E-state index contributed by atoms with van der Waals surface area (Å²) >= 11 is 0. The molecule has 0 radical (unpaired) electrons. The molecular formula is C22H33F3N8O. The molecule has 0 atom stereocenters. The first-order valence-corrected chi connectivity index (χ1v) is 11.3. The maximum Gasteiger partial charge on any atom is 0.421 e. The molecule has 3 rings (SSSR count). The zero-order chi connectivity index (χ0) is 24.7. The van der Waals surface area contributed by atoms with Gasteiger partial charge in [-0.1, -0.05) is 6.92 Å². The van der Waals surface area contributed by atoms with Gasteiger partial charge in [-0.2, -0.15) is 18.2 Å². The van der Waals surface area contributed by atoms with E-state index in [0.29, 0.717) is 13.0 Å². The van der Waals surface area contributed by atoms with Crippen LogP contribution in [0.5, 0.6) is 0 Å². The second kappa shape index (κ2) is 11.6. The van der Waals surface area contributed by atoms with Gasteiger partial charge in [-0.3, -0.25) is 5.21 Å². The number of hydrogen-bond donors (Lipinski definition) is 4. The molecular weight excluding hydrogens is 449 g/mol. The monoisotopic (exact) mass is 482 g/mol. The number of nitrogens with one attached hydrogen (secondary N) is 3. The average molecular weight is 483 g/mol. The summed E-state index contributed by atoms with van der Waals surface area (Å²) in [4.78, 5) is 12.7. The summed E-state index contributed by atoms with van der Waals surface area (Å²) in [5, 5.41) is 15.7. The first-order chi connectivity index (χ1) is 16.2. The number of nitrogens with zero attached hydrogens (tertiary/aromatic N) is 5. The van der Waals surface area contributed by atoms with Crippen molar-refractivity contribution in [2.75, 3.05) is 68.9 Å². The Kier molecular flexibility index (Phi) is 8.89. The highest BCUT2D eigenvalue weighted by Gasteiger charge is 2.35. The van der Waals surface area contributed by atoms with Crippen molar-refractivity contribution in [2.24, 2.45) is 0 Å². The average Bonchev–Trinajstić information content (AvgIpc) is 2.79. The van der Waals surface area contributed by atoms with Gasteiger partial charge in [0.2, 0.25) is 5.95 Å². The smallest absolute Gasteiger partial charge is 0.369 e. The van der Waals surface area contributed by atoms with Gasteiger partial charge in [-0.05, 0) is 43.7 Å². The van der Waals surface area contributed by atoms with E-state index >= 15 is 0 Å². The van der Waals surface area contributed by atoms with Crippen LogP contribution in [0, 0.1) is 0 Å². The lowest BCUT2D eigenvalue weighted by Gasteiger charge is -2.34. The number of hydrogen-bond acceptors (Lipinski definition) is 9. The summed E-state index contributed by atoms with van der Waals surface area (Å²) < 4.78 is 40.4. The molecule has 2 heterocycles. The minimum atomic E-state index is -4.58. The Morgan fingerprint density at radius 2 is 1.88 bits per heavy atom. The zero-order valence-electron chi connectivity index (χ0n) is 19.8. The molecule has 0 bridgehead atoms. The van der Waals surface area contributed by atoms with Crippen molar-refractivity contribution in [2.45, 2.75) is 25.9 Å². The lowest BCUT2D eigenvalue weighted by atomic mass is 10.1. The Morgan fingerprint density at radius 1 is 1.15 bits per heavy atom. The van der Waals surface area contributed by atoms with Gasteiger partial charge in [-0.15, -0.1) is 5.17 Å². The van der Waals surface area contributed by atoms with Gasteiger partial charge >= 0.3 is 6.18 Å². The normalized spacial score (nSPS) is 15.1. The van der Waals surface area contributed by atoms with E-state index in [0.717, 1.165) is 60.9 Å². The van der Waals surface area contributed by atoms with Gasteiger partial charge in [0.15, 0.2) is 0 Å². The van der Waals surface area contributed by atoms with E-state index in [2.05, 4.69) is 48.9 Å². The third kappa shape index (κ3) is 7.16. The van der Waals surface area contributed by atoms with Gasteiger partial charge < -0.3 is 20.4 Å². The molecule has 1 fully saturated rings. The number of rotatable bonds is 10. The number of benzene rings is 1.